The maximum Gasteiger partial charge on any atom is 0.410 e. The molecule has 0 bridgehead atoms. The molecule has 0 aromatic rings. The van der Waals surface area contributed by atoms with Crippen LogP contribution in [0.25, 0.3) is 0 Å². The highest BCUT2D eigenvalue weighted by Gasteiger charge is 2.24. The summed E-state index contributed by atoms with van der Waals surface area (Å²) in [6.07, 6.45) is 3.28. The third kappa shape index (κ3) is 4.07. The maximum absolute atomic E-state index is 11.2. The van der Waals surface area contributed by atoms with Crippen LogP contribution in [0.1, 0.15) is 0 Å². The summed E-state index contributed by atoms with van der Waals surface area (Å²) < 4.78 is 3.20. The number of alkyl halides is 3. The lowest BCUT2D eigenvalue weighted by Gasteiger charge is -2.17. The largest absolute Gasteiger partial charge is 0.445 e. The van der Waals surface area contributed by atoms with Crippen LogP contribution in [0.3, 0.4) is 0 Å². The fraction of sp³-hybridized carbons (Fsp3) is 0.571. The highest BCUT2D eigenvalue weighted by molar-refractivity contribution is 6.67. The molecule has 3 nitrogen and oxygen atoms in total. The number of carbonyl (C=O) groups excluding carboxylic acids is 1. The molecule has 0 unspecified atom stereocenters. The van der Waals surface area contributed by atoms with Crippen LogP contribution in [-0.2, 0) is 4.74 Å². The molecule has 0 aromatic heterocycles. The second-order valence-corrected chi connectivity index (χ2v) is 5.06. The van der Waals surface area contributed by atoms with Crippen molar-refractivity contribution < 1.29 is 9.53 Å². The first-order valence-electron chi connectivity index (χ1n) is 3.62. The second kappa shape index (κ2) is 4.40. The summed E-state index contributed by atoms with van der Waals surface area (Å²) in [6.45, 7) is 0.879. The van der Waals surface area contributed by atoms with Crippen molar-refractivity contribution in [3.8, 4) is 0 Å². The van der Waals surface area contributed by atoms with Gasteiger partial charge in [0.05, 0.1) is 0 Å². The topological polar surface area (TPSA) is 29.5 Å². The Morgan fingerprint density at radius 2 is 1.92 bits per heavy atom. The summed E-state index contributed by atoms with van der Waals surface area (Å²) in [7, 11) is 0. The average Bonchev–Trinajstić information content (AvgIpc) is 2.50. The molecule has 0 aliphatic carbocycles. The Balaban J connectivity index is 2.26. The predicted octanol–water partition coefficient (Wildman–Crippen LogP) is 2.37. The van der Waals surface area contributed by atoms with Gasteiger partial charge in [0, 0.05) is 13.1 Å². The fourth-order valence-corrected chi connectivity index (χ4v) is 1.03. The first-order valence-corrected chi connectivity index (χ1v) is 4.76. The van der Waals surface area contributed by atoms with Crippen LogP contribution in [0, 0.1) is 0 Å². The summed E-state index contributed by atoms with van der Waals surface area (Å²) in [6, 6.07) is 0. The summed E-state index contributed by atoms with van der Waals surface area (Å²) in [5.41, 5.74) is 0. The minimum Gasteiger partial charge on any atom is -0.445 e. The van der Waals surface area contributed by atoms with Gasteiger partial charge in [-0.1, -0.05) is 47.0 Å². The van der Waals surface area contributed by atoms with E-state index in [-0.39, 0.29) is 6.61 Å². The molecule has 0 saturated heterocycles. The van der Waals surface area contributed by atoms with E-state index in [4.69, 9.17) is 39.5 Å². The van der Waals surface area contributed by atoms with E-state index in [1.807, 2.05) is 12.2 Å². The second-order valence-electron chi connectivity index (χ2n) is 2.55. The molecule has 1 rings (SSSR count). The lowest BCUT2D eigenvalue weighted by Crippen LogP contribution is -2.31. The quantitative estimate of drug-likeness (QED) is 0.523. The Morgan fingerprint density at radius 3 is 2.38 bits per heavy atom. The molecular formula is C7H8Cl3NO2. The van der Waals surface area contributed by atoms with Crippen molar-refractivity contribution in [1.82, 2.24) is 4.90 Å². The van der Waals surface area contributed by atoms with Crippen LogP contribution in [0.5, 0.6) is 0 Å². The number of halogens is 3. The van der Waals surface area contributed by atoms with Crippen molar-refractivity contribution in [2.24, 2.45) is 0 Å². The molecule has 0 saturated carbocycles. The van der Waals surface area contributed by atoms with Gasteiger partial charge < -0.3 is 9.64 Å². The molecule has 0 aromatic carbocycles. The normalized spacial score (nSPS) is 16.4. The lowest BCUT2D eigenvalue weighted by molar-refractivity contribution is 0.114. The SMILES string of the molecule is O=C(OCC(Cl)(Cl)Cl)N1CC=CC1. The Hall–Kier alpha value is -0.120. The van der Waals surface area contributed by atoms with Gasteiger partial charge >= 0.3 is 6.09 Å². The number of carbonyl (C=O) groups is 1. The van der Waals surface area contributed by atoms with Crippen molar-refractivity contribution in [2.45, 2.75) is 3.79 Å². The van der Waals surface area contributed by atoms with Crippen LogP contribution in [0.15, 0.2) is 12.2 Å². The van der Waals surface area contributed by atoms with Crippen molar-refractivity contribution >= 4 is 40.9 Å². The van der Waals surface area contributed by atoms with E-state index in [0.717, 1.165) is 0 Å². The van der Waals surface area contributed by atoms with Gasteiger partial charge in [-0.15, -0.1) is 0 Å². The molecule has 74 valence electrons. The third-order valence-electron chi connectivity index (χ3n) is 1.44. The third-order valence-corrected chi connectivity index (χ3v) is 1.76. The van der Waals surface area contributed by atoms with Crippen LogP contribution >= 0.6 is 34.8 Å². The monoisotopic (exact) mass is 243 g/mol. The minimum absolute atomic E-state index is 0.229. The zero-order valence-electron chi connectivity index (χ0n) is 6.67. The van der Waals surface area contributed by atoms with Crippen molar-refractivity contribution in [3.63, 3.8) is 0 Å². The van der Waals surface area contributed by atoms with Crippen LogP contribution in [-0.4, -0.2) is 34.5 Å². The zero-order valence-corrected chi connectivity index (χ0v) is 8.94. The van der Waals surface area contributed by atoms with Crippen molar-refractivity contribution in [1.29, 1.82) is 0 Å². The molecule has 1 aliphatic heterocycles. The van der Waals surface area contributed by atoms with E-state index in [9.17, 15) is 4.79 Å². The van der Waals surface area contributed by atoms with E-state index < -0.39 is 9.89 Å². The van der Waals surface area contributed by atoms with E-state index >= 15 is 0 Å². The first-order chi connectivity index (χ1) is 5.99. The van der Waals surface area contributed by atoms with Crippen molar-refractivity contribution in [3.05, 3.63) is 12.2 Å². The number of amides is 1. The zero-order chi connectivity index (χ0) is 9.90. The highest BCUT2D eigenvalue weighted by atomic mass is 35.6. The van der Waals surface area contributed by atoms with Gasteiger partial charge in [0.25, 0.3) is 0 Å². The fourth-order valence-electron chi connectivity index (χ4n) is 0.862. The van der Waals surface area contributed by atoms with Gasteiger partial charge in [0.1, 0.15) is 6.61 Å². The maximum atomic E-state index is 11.2. The average molecular weight is 245 g/mol. The lowest BCUT2D eigenvalue weighted by atomic mass is 10.6. The summed E-state index contributed by atoms with van der Waals surface area (Å²) in [4.78, 5) is 12.7. The molecule has 0 spiro atoms. The Bertz CT molecular complexity index is 216. The van der Waals surface area contributed by atoms with Gasteiger partial charge in [-0.25, -0.2) is 4.79 Å². The molecule has 13 heavy (non-hydrogen) atoms. The number of hydrogen-bond donors (Lipinski definition) is 0. The molecule has 6 heteroatoms. The van der Waals surface area contributed by atoms with Crippen LogP contribution in [0.2, 0.25) is 0 Å². The molecule has 1 amide bonds. The van der Waals surface area contributed by atoms with E-state index in [0.29, 0.717) is 13.1 Å². The first kappa shape index (κ1) is 11.0. The van der Waals surface area contributed by atoms with E-state index in [1.165, 1.54) is 4.90 Å². The molecule has 0 atom stereocenters. The Kier molecular flexibility index (Phi) is 3.71. The summed E-state index contributed by atoms with van der Waals surface area (Å²) in [5, 5.41) is 0. The molecule has 0 N–H and O–H groups in total. The van der Waals surface area contributed by atoms with Gasteiger partial charge in [-0.3, -0.25) is 0 Å². The predicted molar refractivity (Wildman–Crippen MR) is 52.4 cm³/mol. The smallest absolute Gasteiger partial charge is 0.410 e. The van der Waals surface area contributed by atoms with Gasteiger partial charge in [0.15, 0.2) is 0 Å². The number of ether oxygens (including phenoxy) is 1. The number of nitrogens with zero attached hydrogens (tertiary/aromatic N) is 1. The number of rotatable bonds is 1. The van der Waals surface area contributed by atoms with E-state index in [1.54, 1.807) is 0 Å². The van der Waals surface area contributed by atoms with Crippen molar-refractivity contribution in [2.75, 3.05) is 19.7 Å². The van der Waals surface area contributed by atoms with Crippen LogP contribution < -0.4 is 0 Å². The van der Waals surface area contributed by atoms with Crippen LogP contribution in [0.4, 0.5) is 4.79 Å². The van der Waals surface area contributed by atoms with Gasteiger partial charge in [-0.05, 0) is 0 Å². The highest BCUT2D eigenvalue weighted by Crippen LogP contribution is 2.26. The van der Waals surface area contributed by atoms with E-state index in [2.05, 4.69) is 0 Å². The molecular weight excluding hydrogens is 236 g/mol. The Morgan fingerprint density at radius 1 is 1.38 bits per heavy atom. The molecule has 1 heterocycles. The van der Waals surface area contributed by atoms with Gasteiger partial charge in [0.2, 0.25) is 3.79 Å². The number of hydrogen-bond acceptors (Lipinski definition) is 2. The Labute approximate surface area is 91.2 Å². The molecule has 0 fully saturated rings. The minimum atomic E-state index is -1.54. The summed E-state index contributed by atoms with van der Waals surface area (Å²) >= 11 is 16.2. The summed E-state index contributed by atoms with van der Waals surface area (Å²) in [5.74, 6) is 0. The molecule has 0 radical (unpaired) electrons. The standard InChI is InChI=1S/C7H8Cl3NO2/c8-7(9,10)5-13-6(12)11-3-1-2-4-11/h1-2H,3-5H2. The molecule has 1 aliphatic rings. The van der Waals surface area contributed by atoms with Gasteiger partial charge in [-0.2, -0.15) is 0 Å².